The Morgan fingerprint density at radius 2 is 1.81 bits per heavy atom. The van der Waals surface area contributed by atoms with Crippen molar-refractivity contribution in [2.24, 2.45) is 0 Å². The monoisotopic (exact) mass is 241 g/mol. The fourth-order valence-electron chi connectivity index (χ4n) is 2.20. The third kappa shape index (κ3) is 2.67. The Morgan fingerprint density at radius 3 is 2.38 bits per heavy atom. The largest absolute Gasteiger partial charge is 0.369 e. The molecule has 0 aliphatic carbocycles. The zero-order chi connectivity index (χ0) is 11.4. The lowest BCUT2D eigenvalue weighted by Gasteiger charge is -2.23. The number of hydrogen-bond donors (Lipinski definition) is 0. The number of alkyl halides is 1. The van der Waals surface area contributed by atoms with Crippen molar-refractivity contribution in [2.75, 3.05) is 18.0 Å². The van der Waals surface area contributed by atoms with Crippen LogP contribution in [0.1, 0.15) is 31.2 Å². The van der Waals surface area contributed by atoms with Gasteiger partial charge >= 0.3 is 0 Å². The zero-order valence-corrected chi connectivity index (χ0v) is 10.1. The van der Waals surface area contributed by atoms with E-state index >= 15 is 0 Å². The molecule has 16 heavy (non-hydrogen) atoms. The summed E-state index contributed by atoms with van der Waals surface area (Å²) in [4.78, 5) is 2.15. The predicted octanol–water partition coefficient (Wildman–Crippen LogP) is 3.94. The fourth-order valence-corrected chi connectivity index (χ4v) is 2.37. The van der Waals surface area contributed by atoms with Crippen molar-refractivity contribution in [1.82, 2.24) is 0 Å². The number of anilines is 1. The maximum absolute atomic E-state index is 13.9. The van der Waals surface area contributed by atoms with Gasteiger partial charge in [-0.05, 0) is 30.5 Å². The first-order valence-corrected chi connectivity index (χ1v) is 6.44. The van der Waals surface area contributed by atoms with Crippen LogP contribution in [0.25, 0.3) is 0 Å². The van der Waals surface area contributed by atoms with Gasteiger partial charge in [0.1, 0.15) is 5.82 Å². The molecule has 1 nitrogen and oxygen atoms in total. The Labute approximate surface area is 101 Å². The zero-order valence-electron chi connectivity index (χ0n) is 9.38. The van der Waals surface area contributed by atoms with Gasteiger partial charge in [-0.25, -0.2) is 4.39 Å². The topological polar surface area (TPSA) is 3.24 Å². The average molecular weight is 242 g/mol. The van der Waals surface area contributed by atoms with Gasteiger partial charge in [-0.3, -0.25) is 0 Å². The van der Waals surface area contributed by atoms with Crippen molar-refractivity contribution >= 4 is 17.3 Å². The molecule has 0 radical (unpaired) electrons. The van der Waals surface area contributed by atoms with E-state index in [9.17, 15) is 4.39 Å². The molecule has 88 valence electrons. The van der Waals surface area contributed by atoms with Gasteiger partial charge in [-0.15, -0.1) is 11.6 Å². The molecular weight excluding hydrogens is 225 g/mol. The Hall–Kier alpha value is -0.760. The van der Waals surface area contributed by atoms with Crippen LogP contribution in [0.15, 0.2) is 18.2 Å². The first-order chi connectivity index (χ1) is 7.81. The second-order valence-corrected chi connectivity index (χ2v) is 4.59. The number of rotatable bonds is 2. The Kier molecular flexibility index (Phi) is 4.05. The number of hydrogen-bond acceptors (Lipinski definition) is 1. The molecule has 0 saturated carbocycles. The standard InChI is InChI=1S/C13H17ClFN/c14-10-11-5-6-13(12(15)9-11)16-7-3-1-2-4-8-16/h5-6,9H,1-4,7-8,10H2. The van der Waals surface area contributed by atoms with E-state index in [1.807, 2.05) is 12.1 Å². The Balaban J connectivity index is 2.18. The molecule has 1 saturated heterocycles. The third-order valence-electron chi connectivity index (χ3n) is 3.11. The van der Waals surface area contributed by atoms with Crippen LogP contribution < -0.4 is 4.90 Å². The van der Waals surface area contributed by atoms with Crippen LogP contribution in [0.2, 0.25) is 0 Å². The van der Waals surface area contributed by atoms with E-state index in [0.29, 0.717) is 5.88 Å². The van der Waals surface area contributed by atoms with E-state index in [0.717, 1.165) is 37.2 Å². The van der Waals surface area contributed by atoms with E-state index in [1.165, 1.54) is 12.8 Å². The van der Waals surface area contributed by atoms with Gasteiger partial charge in [0.15, 0.2) is 0 Å². The Morgan fingerprint density at radius 1 is 1.12 bits per heavy atom. The molecule has 3 heteroatoms. The first kappa shape index (κ1) is 11.7. The van der Waals surface area contributed by atoms with Gasteiger partial charge in [0.05, 0.1) is 5.69 Å². The summed E-state index contributed by atoms with van der Waals surface area (Å²) in [6, 6.07) is 5.32. The number of nitrogens with zero attached hydrogens (tertiary/aromatic N) is 1. The minimum absolute atomic E-state index is 0.139. The Bertz CT molecular complexity index is 346. The van der Waals surface area contributed by atoms with Crippen LogP contribution >= 0.6 is 11.6 Å². The molecule has 1 aromatic rings. The predicted molar refractivity (Wildman–Crippen MR) is 66.6 cm³/mol. The molecule has 1 fully saturated rings. The van der Waals surface area contributed by atoms with Gasteiger partial charge in [-0.1, -0.05) is 18.9 Å². The molecule has 0 bridgehead atoms. The second kappa shape index (κ2) is 5.53. The minimum atomic E-state index is -0.139. The van der Waals surface area contributed by atoms with Crippen LogP contribution in [0.5, 0.6) is 0 Å². The minimum Gasteiger partial charge on any atom is -0.369 e. The average Bonchev–Trinajstić information content (AvgIpc) is 2.57. The highest BCUT2D eigenvalue weighted by Gasteiger charge is 2.13. The van der Waals surface area contributed by atoms with Crippen molar-refractivity contribution in [1.29, 1.82) is 0 Å². The van der Waals surface area contributed by atoms with Gasteiger partial charge in [0.2, 0.25) is 0 Å². The first-order valence-electron chi connectivity index (χ1n) is 5.90. The molecule has 0 unspecified atom stereocenters. The number of halogens is 2. The van der Waals surface area contributed by atoms with Crippen molar-refractivity contribution in [3.63, 3.8) is 0 Å². The summed E-state index contributed by atoms with van der Waals surface area (Å²) in [6.45, 7) is 1.94. The molecule has 0 amide bonds. The van der Waals surface area contributed by atoms with Crippen molar-refractivity contribution in [2.45, 2.75) is 31.6 Å². The van der Waals surface area contributed by atoms with Crippen molar-refractivity contribution in [3.05, 3.63) is 29.6 Å². The molecule has 0 spiro atoms. The van der Waals surface area contributed by atoms with E-state index in [-0.39, 0.29) is 5.82 Å². The lowest BCUT2D eigenvalue weighted by Crippen LogP contribution is -2.24. The highest BCUT2D eigenvalue weighted by molar-refractivity contribution is 6.17. The van der Waals surface area contributed by atoms with Crippen LogP contribution in [0.3, 0.4) is 0 Å². The SMILES string of the molecule is Fc1cc(CCl)ccc1N1CCCCCC1. The maximum Gasteiger partial charge on any atom is 0.146 e. The molecule has 0 N–H and O–H groups in total. The van der Waals surface area contributed by atoms with Crippen molar-refractivity contribution < 1.29 is 4.39 Å². The summed E-state index contributed by atoms with van der Waals surface area (Å²) in [5.74, 6) is 0.233. The molecule has 1 aliphatic rings. The normalized spacial score (nSPS) is 17.2. The summed E-state index contributed by atoms with van der Waals surface area (Å²) >= 11 is 5.68. The summed E-state index contributed by atoms with van der Waals surface area (Å²) in [7, 11) is 0. The van der Waals surface area contributed by atoms with Crippen LogP contribution in [-0.2, 0) is 5.88 Å². The van der Waals surface area contributed by atoms with Gasteiger partial charge in [0.25, 0.3) is 0 Å². The molecule has 0 aromatic heterocycles. The molecule has 0 atom stereocenters. The van der Waals surface area contributed by atoms with E-state index in [1.54, 1.807) is 6.07 Å². The molecular formula is C13H17ClFN. The van der Waals surface area contributed by atoms with Gasteiger partial charge < -0.3 is 4.90 Å². The second-order valence-electron chi connectivity index (χ2n) is 4.32. The smallest absolute Gasteiger partial charge is 0.146 e. The summed E-state index contributed by atoms with van der Waals surface area (Å²) < 4.78 is 13.9. The molecule has 1 aromatic carbocycles. The van der Waals surface area contributed by atoms with E-state index < -0.39 is 0 Å². The molecule has 1 aliphatic heterocycles. The van der Waals surface area contributed by atoms with E-state index in [4.69, 9.17) is 11.6 Å². The fraction of sp³-hybridized carbons (Fsp3) is 0.538. The van der Waals surface area contributed by atoms with Gasteiger partial charge in [0, 0.05) is 19.0 Å². The van der Waals surface area contributed by atoms with Crippen LogP contribution in [0.4, 0.5) is 10.1 Å². The summed E-state index contributed by atoms with van der Waals surface area (Å²) in [6.07, 6.45) is 4.85. The summed E-state index contributed by atoms with van der Waals surface area (Å²) in [5.41, 5.74) is 1.58. The molecule has 1 heterocycles. The van der Waals surface area contributed by atoms with Crippen LogP contribution in [-0.4, -0.2) is 13.1 Å². The summed E-state index contributed by atoms with van der Waals surface area (Å²) in [5, 5.41) is 0. The molecule has 2 rings (SSSR count). The lowest BCUT2D eigenvalue weighted by atomic mass is 10.2. The van der Waals surface area contributed by atoms with Crippen LogP contribution in [0, 0.1) is 5.82 Å². The third-order valence-corrected chi connectivity index (χ3v) is 3.42. The van der Waals surface area contributed by atoms with Gasteiger partial charge in [-0.2, -0.15) is 0 Å². The highest BCUT2D eigenvalue weighted by Crippen LogP contribution is 2.24. The van der Waals surface area contributed by atoms with E-state index in [2.05, 4.69) is 4.90 Å². The quantitative estimate of drug-likeness (QED) is 0.709. The van der Waals surface area contributed by atoms with Crippen molar-refractivity contribution in [3.8, 4) is 0 Å². The highest BCUT2D eigenvalue weighted by atomic mass is 35.5. The number of benzene rings is 1. The maximum atomic E-state index is 13.9. The lowest BCUT2D eigenvalue weighted by molar-refractivity contribution is 0.615.